The monoisotopic (exact) mass is 1420 g/mol. The molecular formula is C101H126N5+5. The van der Waals surface area contributed by atoms with Crippen LogP contribution in [0.15, 0.2) is 152 Å². The zero-order valence-electron chi connectivity index (χ0n) is 78.4. The molecule has 0 aliphatic heterocycles. The topological polar surface area (TPSA) is 19.4 Å². The number of hydrogen-bond donors (Lipinski definition) is 0. The van der Waals surface area contributed by atoms with Crippen LogP contribution in [0, 0.1) is 74.5 Å². The van der Waals surface area contributed by atoms with E-state index in [0.717, 1.165) is 74.2 Å². The van der Waals surface area contributed by atoms with Gasteiger partial charge in [-0.1, -0.05) is 158 Å². The maximum atomic E-state index is 9.36. The Bertz CT molecular complexity index is 5530. The maximum Gasteiger partial charge on any atom is 0.216 e. The molecule has 3 fully saturated rings. The fourth-order valence-electron chi connectivity index (χ4n) is 21.7. The number of hydrogen-bond acceptors (Lipinski definition) is 0. The summed E-state index contributed by atoms with van der Waals surface area (Å²) in [6.07, 6.45) is 20.7. The number of benzene rings is 5. The molecule has 106 heavy (non-hydrogen) atoms. The number of aryl methyl sites for hydroxylation is 15. The van der Waals surface area contributed by atoms with Gasteiger partial charge in [0.25, 0.3) is 0 Å². The van der Waals surface area contributed by atoms with Crippen molar-refractivity contribution in [2.45, 2.75) is 260 Å². The Balaban J connectivity index is 0.000000120. The summed E-state index contributed by atoms with van der Waals surface area (Å²) in [5.74, 6) is -1.28. The number of rotatable bonds is 5. The zero-order chi connectivity index (χ0) is 84.6. The molecule has 5 aromatic heterocycles. The molecule has 0 saturated heterocycles. The lowest BCUT2D eigenvalue weighted by atomic mass is 9.79. The summed E-state index contributed by atoms with van der Waals surface area (Å²) in [6.45, 7) is 36.0. The van der Waals surface area contributed by atoms with Crippen LogP contribution in [0.25, 0.3) is 56.3 Å². The van der Waals surface area contributed by atoms with Crippen molar-refractivity contribution in [2.24, 2.45) is 40.7 Å². The summed E-state index contributed by atoms with van der Waals surface area (Å²) in [7, 11) is 10.5. The van der Waals surface area contributed by atoms with E-state index >= 15 is 0 Å². The van der Waals surface area contributed by atoms with Crippen LogP contribution in [-0.2, 0) is 56.9 Å². The average Bonchev–Trinajstić information content (AvgIpc) is 1.50. The first kappa shape index (κ1) is 62.8. The lowest BCUT2D eigenvalue weighted by Crippen LogP contribution is -2.34. The van der Waals surface area contributed by atoms with Gasteiger partial charge in [-0.15, -0.1) is 0 Å². The van der Waals surface area contributed by atoms with E-state index in [9.17, 15) is 2.74 Å². The van der Waals surface area contributed by atoms with Gasteiger partial charge < -0.3 is 0 Å². The predicted molar refractivity (Wildman–Crippen MR) is 441 cm³/mol. The smallest absolute Gasteiger partial charge is 0.201 e. The molecule has 5 heteroatoms. The average molecular weight is 1420 g/mol. The van der Waals surface area contributed by atoms with E-state index in [1.165, 1.54) is 122 Å². The molecule has 18 rings (SSSR count). The molecule has 0 N–H and O–H groups in total. The molecule has 8 aliphatic rings. The molecule has 5 heterocycles. The molecule has 6 atom stereocenters. The minimum atomic E-state index is -2.13. The van der Waals surface area contributed by atoms with Gasteiger partial charge in [-0.25, -0.2) is 22.8 Å². The normalized spacial score (nSPS) is 25.8. The summed E-state index contributed by atoms with van der Waals surface area (Å²) >= 11 is 0. The first-order valence-corrected chi connectivity index (χ1v) is 39.4. The highest BCUT2D eigenvalue weighted by Crippen LogP contribution is 2.66. The highest BCUT2D eigenvalue weighted by Gasteiger charge is 2.55. The standard InChI is InChI=1S/C21H26N.2C21H28N.2C19H22N/c1-13-6-7-15(14(2)12-13)20-19-16(10-11-22(20)5)17-8-9-18(19)21(17,3)4;2*1-14-8-9-16(15(2)12-14)19-18-17(10-11-22(19)7)20(3,4)13-21(18,5)6;2*1-12-4-7-16(13(2)10-12)19-18-15-6-5-14(11-15)17(18)8-9-20(19)3/h6-7,10-12,17-18H,8-9H2,1-5H3;2*8-12H,13H2,1-7H3;2*4,7-10,14-15H,5-6,11H2,1-3H3/q5*+1/i1D3,17D,18D;;;1D3,14D,15D;. The second-order valence-electron chi connectivity index (χ2n) is 36.5. The Morgan fingerprint density at radius 2 is 0.670 bits per heavy atom. The third-order valence-electron chi connectivity index (χ3n) is 26.1. The van der Waals surface area contributed by atoms with Gasteiger partial charge in [-0.3, -0.25) is 0 Å². The van der Waals surface area contributed by atoms with Crippen molar-refractivity contribution >= 4 is 0 Å². The number of fused-ring (bicyclic) bond motifs is 17. The molecule has 10 aromatic rings. The van der Waals surface area contributed by atoms with Crippen molar-refractivity contribution < 1.29 is 36.5 Å². The highest BCUT2D eigenvalue weighted by atomic mass is 15.0. The minimum absolute atomic E-state index is 0.213. The number of nitrogens with zero attached hydrogens (tertiary/aromatic N) is 5. The van der Waals surface area contributed by atoms with E-state index < -0.39 is 42.7 Å². The van der Waals surface area contributed by atoms with Crippen molar-refractivity contribution in [2.75, 3.05) is 0 Å². The first-order chi connectivity index (χ1) is 53.8. The second-order valence-corrected chi connectivity index (χ2v) is 36.5. The van der Waals surface area contributed by atoms with E-state index in [0.29, 0.717) is 36.8 Å². The van der Waals surface area contributed by atoms with Gasteiger partial charge in [0.05, 0.1) is 0 Å². The molecule has 0 amide bonds. The molecule has 5 aromatic carbocycles. The Hall–Kier alpha value is -8.15. The summed E-state index contributed by atoms with van der Waals surface area (Å²) < 4.78 is 93.0. The summed E-state index contributed by atoms with van der Waals surface area (Å²) in [5.41, 5.74) is 36.5. The van der Waals surface area contributed by atoms with Crippen molar-refractivity contribution in [3.05, 3.63) is 264 Å². The van der Waals surface area contributed by atoms with Gasteiger partial charge in [0.2, 0.25) is 28.5 Å². The van der Waals surface area contributed by atoms with Crippen LogP contribution in [0.5, 0.6) is 0 Å². The van der Waals surface area contributed by atoms with Crippen LogP contribution in [0.2, 0.25) is 0 Å². The zero-order valence-corrected chi connectivity index (χ0v) is 68.4. The number of aromatic nitrogens is 5. The van der Waals surface area contributed by atoms with Crippen LogP contribution >= 0.6 is 0 Å². The Kier molecular flexibility index (Phi) is 16.3. The Morgan fingerprint density at radius 1 is 0.321 bits per heavy atom. The molecule has 6 bridgehead atoms. The van der Waals surface area contributed by atoms with Gasteiger partial charge in [0.1, 0.15) is 35.2 Å². The van der Waals surface area contributed by atoms with Crippen molar-refractivity contribution in [3.8, 4) is 56.3 Å². The van der Waals surface area contributed by atoms with Crippen LogP contribution in [-0.4, -0.2) is 0 Å². The van der Waals surface area contributed by atoms with Crippen LogP contribution < -0.4 is 22.8 Å². The first-order valence-electron chi connectivity index (χ1n) is 44.4. The van der Waals surface area contributed by atoms with E-state index in [2.05, 4.69) is 223 Å². The van der Waals surface area contributed by atoms with Crippen molar-refractivity contribution in [3.63, 3.8) is 0 Å². The van der Waals surface area contributed by atoms with Crippen molar-refractivity contribution in [1.29, 1.82) is 0 Å². The molecule has 0 radical (unpaired) electrons. The lowest BCUT2D eigenvalue weighted by molar-refractivity contribution is -0.661. The summed E-state index contributed by atoms with van der Waals surface area (Å²) in [4.78, 5) is 0. The van der Waals surface area contributed by atoms with Crippen LogP contribution in [0.1, 0.15) is 294 Å². The summed E-state index contributed by atoms with van der Waals surface area (Å²) in [6, 6.07) is 42.0. The SMILES string of the molecule is Cc1ccc(-c2c3c(cc[n+]2C)C(C)(C)CC3(C)C)c(C)c1.Cc1ccc(-c2c3c(cc[n+]2C)C(C)(C)CC3(C)C)c(C)c1.Cc1ccc(-c2c3c(cc[n+]2C)C2CCC3C2)c(C)c1.[2H]C([2H])([2H])c1ccc(-c2c3c(cc[n+]2C)C2([2H])CCC3([2H])C2(C)C)c(C)c1.[2H]C([2H])([2H])c1ccc(-c2c3c(cc[n+]2C)C2([2H])CCC3([2H])C2)c(C)c1. The summed E-state index contributed by atoms with van der Waals surface area (Å²) in [5, 5.41) is 0. The second kappa shape index (κ2) is 27.5. The predicted octanol–water partition coefficient (Wildman–Crippen LogP) is 22.6. The quantitative estimate of drug-likeness (QED) is 0.153. The fraction of sp³-hybridized carbons (Fsp3) is 0.455. The number of pyridine rings is 5. The van der Waals surface area contributed by atoms with Gasteiger partial charge in [0, 0.05) is 99.7 Å². The van der Waals surface area contributed by atoms with Gasteiger partial charge in [-0.2, -0.15) is 0 Å². The van der Waals surface area contributed by atoms with Gasteiger partial charge >= 0.3 is 0 Å². The van der Waals surface area contributed by atoms with Gasteiger partial charge in [-0.05, 0) is 282 Å². The van der Waals surface area contributed by atoms with E-state index in [4.69, 9.17) is 11.0 Å². The van der Waals surface area contributed by atoms with Crippen molar-refractivity contribution in [1.82, 2.24) is 0 Å². The molecule has 5 nitrogen and oxygen atoms in total. The molecule has 0 spiro atoms. The Morgan fingerprint density at radius 3 is 1.11 bits per heavy atom. The minimum Gasteiger partial charge on any atom is -0.201 e. The van der Waals surface area contributed by atoms with Crippen LogP contribution in [0.3, 0.4) is 0 Å². The molecule has 6 unspecified atom stereocenters. The maximum absolute atomic E-state index is 9.36. The van der Waals surface area contributed by atoms with E-state index in [1.54, 1.807) is 35.4 Å². The molecule has 8 aliphatic carbocycles. The Labute approximate surface area is 653 Å². The van der Waals surface area contributed by atoms with Crippen LogP contribution in [0.4, 0.5) is 0 Å². The van der Waals surface area contributed by atoms with E-state index in [-0.39, 0.29) is 21.7 Å². The molecule has 550 valence electrons. The van der Waals surface area contributed by atoms with E-state index in [1.807, 2.05) is 87.6 Å². The third-order valence-corrected chi connectivity index (χ3v) is 26.1. The largest absolute Gasteiger partial charge is 0.216 e. The highest BCUT2D eigenvalue weighted by molar-refractivity contribution is 5.74. The fourth-order valence-corrected chi connectivity index (χ4v) is 21.7. The lowest BCUT2D eigenvalue weighted by Gasteiger charge is -2.24. The molecular weight excluding hydrogens is 1280 g/mol. The third kappa shape index (κ3) is 13.1. The van der Waals surface area contributed by atoms with Gasteiger partial charge in [0.15, 0.2) is 31.0 Å². The molecule has 3 saturated carbocycles.